The quantitative estimate of drug-likeness (QED) is 0.511. The zero-order valence-corrected chi connectivity index (χ0v) is 16.4. The lowest BCUT2D eigenvalue weighted by Crippen LogP contribution is -2.45. The van der Waals surface area contributed by atoms with Crippen LogP contribution in [0.2, 0.25) is 18.1 Å². The minimum Gasteiger partial charge on any atom is -0.480 e. The molecule has 5 nitrogen and oxygen atoms in total. The third kappa shape index (κ3) is 7.66. The van der Waals surface area contributed by atoms with Crippen molar-refractivity contribution in [3.05, 3.63) is 0 Å². The van der Waals surface area contributed by atoms with Crippen LogP contribution < -0.4 is 5.32 Å². The molecule has 0 rings (SSSR count). The van der Waals surface area contributed by atoms with Crippen LogP contribution in [0.4, 0.5) is 0 Å². The van der Waals surface area contributed by atoms with Crippen LogP contribution in [-0.4, -0.2) is 42.3 Å². The van der Waals surface area contributed by atoms with Gasteiger partial charge in [0.05, 0.1) is 0 Å². The van der Waals surface area contributed by atoms with E-state index in [0.717, 1.165) is 0 Å². The molecule has 23 heavy (non-hydrogen) atoms. The van der Waals surface area contributed by atoms with E-state index in [1.54, 1.807) is 0 Å². The Kier molecular flexibility index (Phi) is 8.02. The second kappa shape index (κ2) is 8.51. The highest BCUT2D eigenvalue weighted by atomic mass is 28.3. The number of carbonyl (C=O) groups excluding carboxylic acids is 1. The lowest BCUT2D eigenvalue weighted by atomic mass is 10.1. The third-order valence-corrected chi connectivity index (χ3v) is 8.75. The fraction of sp³-hybridized carbons (Fsp3) is 0.765. The Labute approximate surface area is 140 Å². The number of aliphatic hydroxyl groups excluding tert-OH is 1. The zero-order chi connectivity index (χ0) is 18.4. The fourth-order valence-electron chi connectivity index (χ4n) is 1.58. The van der Waals surface area contributed by atoms with Crippen molar-refractivity contribution in [1.82, 2.24) is 5.32 Å². The third-order valence-electron chi connectivity index (χ3n) is 4.19. The molecule has 6 heteroatoms. The highest BCUT2D eigenvalue weighted by Crippen LogP contribution is 2.35. The van der Waals surface area contributed by atoms with Gasteiger partial charge in [-0.2, -0.15) is 0 Å². The maximum Gasteiger partial charge on any atom is 0.327 e. The Morgan fingerprint density at radius 2 is 1.74 bits per heavy atom. The topological polar surface area (TPSA) is 86.6 Å². The summed E-state index contributed by atoms with van der Waals surface area (Å²) in [7, 11) is -1.81. The smallest absolute Gasteiger partial charge is 0.327 e. The molecule has 0 aliphatic carbocycles. The Morgan fingerprint density at radius 1 is 1.22 bits per heavy atom. The summed E-state index contributed by atoms with van der Waals surface area (Å²) in [5.41, 5.74) is 3.23. The van der Waals surface area contributed by atoms with E-state index in [2.05, 4.69) is 50.6 Å². The number of carboxylic acid groups (broad SMARTS) is 1. The molecule has 1 amide bonds. The minimum atomic E-state index is -1.81. The van der Waals surface area contributed by atoms with Gasteiger partial charge in [-0.1, -0.05) is 47.7 Å². The molecule has 0 fully saturated rings. The molecule has 0 saturated heterocycles. The van der Waals surface area contributed by atoms with Gasteiger partial charge in [-0.25, -0.2) is 4.79 Å². The molecule has 0 aromatic rings. The molecule has 0 aliphatic heterocycles. The summed E-state index contributed by atoms with van der Waals surface area (Å²) in [6.45, 7) is 14.4. The Hall–Kier alpha value is -1.32. The van der Waals surface area contributed by atoms with Gasteiger partial charge in [0.2, 0.25) is 5.91 Å². The lowest BCUT2D eigenvalue weighted by Gasteiger charge is -2.31. The summed E-state index contributed by atoms with van der Waals surface area (Å²) in [5.74, 6) is 1.29. The summed E-state index contributed by atoms with van der Waals surface area (Å²) in [6, 6.07) is -1.10. The molecule has 0 bridgehead atoms. The van der Waals surface area contributed by atoms with Gasteiger partial charge >= 0.3 is 5.97 Å². The van der Waals surface area contributed by atoms with E-state index in [0.29, 0.717) is 6.42 Å². The predicted molar refractivity (Wildman–Crippen MR) is 94.6 cm³/mol. The molecule has 0 aliphatic rings. The van der Waals surface area contributed by atoms with Gasteiger partial charge in [0.15, 0.2) is 0 Å². The molecule has 0 aromatic carbocycles. The van der Waals surface area contributed by atoms with Gasteiger partial charge in [0.25, 0.3) is 0 Å². The number of amides is 1. The highest BCUT2D eigenvalue weighted by Gasteiger charge is 2.33. The van der Waals surface area contributed by atoms with Gasteiger partial charge in [-0.05, 0) is 17.4 Å². The van der Waals surface area contributed by atoms with Gasteiger partial charge in [0.1, 0.15) is 20.2 Å². The van der Waals surface area contributed by atoms with Crippen LogP contribution in [0.5, 0.6) is 0 Å². The number of hydrogen-bond donors (Lipinski definition) is 3. The van der Waals surface area contributed by atoms with E-state index in [4.69, 9.17) is 0 Å². The van der Waals surface area contributed by atoms with Crippen molar-refractivity contribution in [2.45, 2.75) is 77.7 Å². The number of hydrogen-bond acceptors (Lipinski definition) is 3. The maximum atomic E-state index is 11.8. The highest BCUT2D eigenvalue weighted by molar-refractivity contribution is 6.87. The van der Waals surface area contributed by atoms with Crippen LogP contribution >= 0.6 is 0 Å². The molecule has 0 radical (unpaired) electrons. The van der Waals surface area contributed by atoms with E-state index < -0.39 is 32.1 Å². The van der Waals surface area contributed by atoms with Crippen molar-refractivity contribution in [3.8, 4) is 11.5 Å². The van der Waals surface area contributed by atoms with E-state index in [-0.39, 0.29) is 17.4 Å². The summed E-state index contributed by atoms with van der Waals surface area (Å²) in [4.78, 5) is 23.1. The second-order valence-electron chi connectivity index (χ2n) is 7.93. The average molecular weight is 342 g/mol. The number of nitrogens with one attached hydrogen (secondary N) is 1. The summed E-state index contributed by atoms with van der Waals surface area (Å²) in [5, 5.41) is 21.4. The lowest BCUT2D eigenvalue weighted by molar-refractivity contribution is -0.143. The molecule has 0 saturated carbocycles. The standard InChI is InChI=1S/C17H31NO4Si/c1-12(2)11-14(19)15(20)18-13(16(21)22)9-8-10-23(6,7)17(3,4)5/h12-14,19H,9,11H2,1-7H3,(H,18,20)(H,21,22)/t13-,14-/m1/s1. The monoisotopic (exact) mass is 341 g/mol. The van der Waals surface area contributed by atoms with Gasteiger partial charge in [-0.15, -0.1) is 11.5 Å². The van der Waals surface area contributed by atoms with Crippen LogP contribution in [0.3, 0.4) is 0 Å². The van der Waals surface area contributed by atoms with Crippen LogP contribution in [0.15, 0.2) is 0 Å². The molecule has 0 aromatic heterocycles. The fourth-order valence-corrected chi connectivity index (χ4v) is 2.50. The first-order valence-corrected chi connectivity index (χ1v) is 11.0. The van der Waals surface area contributed by atoms with Gasteiger partial charge in [-0.3, -0.25) is 4.79 Å². The first-order chi connectivity index (χ1) is 10.3. The van der Waals surface area contributed by atoms with Crippen LogP contribution in [-0.2, 0) is 9.59 Å². The van der Waals surface area contributed by atoms with Crippen molar-refractivity contribution in [2.24, 2.45) is 5.92 Å². The van der Waals surface area contributed by atoms with E-state index in [1.807, 2.05) is 13.8 Å². The van der Waals surface area contributed by atoms with Crippen LogP contribution in [0, 0.1) is 17.4 Å². The summed E-state index contributed by atoms with van der Waals surface area (Å²) < 4.78 is 0. The average Bonchev–Trinajstić information content (AvgIpc) is 2.34. The largest absolute Gasteiger partial charge is 0.480 e. The molecule has 0 spiro atoms. The van der Waals surface area contributed by atoms with E-state index >= 15 is 0 Å². The molecular weight excluding hydrogens is 310 g/mol. The summed E-state index contributed by atoms with van der Waals surface area (Å²) >= 11 is 0. The summed E-state index contributed by atoms with van der Waals surface area (Å²) in [6.07, 6.45) is -0.847. The number of carbonyl (C=O) groups is 2. The number of aliphatic hydroxyl groups is 1. The number of rotatable bonds is 6. The van der Waals surface area contributed by atoms with E-state index in [9.17, 15) is 19.8 Å². The number of carboxylic acids is 1. The SMILES string of the molecule is CC(C)C[C@@H](O)C(=O)N[C@H](CC#C[Si](C)(C)C(C)(C)C)C(=O)O. The molecule has 132 valence electrons. The normalized spacial score (nSPS) is 14.7. The first-order valence-electron chi connectivity index (χ1n) is 7.99. The predicted octanol–water partition coefficient (Wildman–Crippen LogP) is 2.40. The Bertz CT molecular complexity index is 483. The van der Waals surface area contributed by atoms with Crippen molar-refractivity contribution in [3.63, 3.8) is 0 Å². The molecular formula is C17H31NO4Si. The zero-order valence-electron chi connectivity index (χ0n) is 15.4. The van der Waals surface area contributed by atoms with Gasteiger partial charge < -0.3 is 15.5 Å². The van der Waals surface area contributed by atoms with Gasteiger partial charge in [0, 0.05) is 6.42 Å². The molecule has 2 atom stereocenters. The van der Waals surface area contributed by atoms with Crippen LogP contribution in [0.1, 0.15) is 47.5 Å². The Morgan fingerprint density at radius 3 is 2.13 bits per heavy atom. The molecule has 0 unspecified atom stereocenters. The first kappa shape index (κ1) is 21.7. The van der Waals surface area contributed by atoms with Crippen molar-refractivity contribution in [1.29, 1.82) is 0 Å². The van der Waals surface area contributed by atoms with Crippen molar-refractivity contribution < 1.29 is 19.8 Å². The second-order valence-corrected chi connectivity index (χ2v) is 12.9. The minimum absolute atomic E-state index is 0.0436. The van der Waals surface area contributed by atoms with Crippen molar-refractivity contribution in [2.75, 3.05) is 0 Å². The number of aliphatic carboxylic acids is 1. The van der Waals surface area contributed by atoms with Crippen LogP contribution in [0.25, 0.3) is 0 Å². The van der Waals surface area contributed by atoms with Crippen molar-refractivity contribution >= 4 is 20.0 Å². The van der Waals surface area contributed by atoms with E-state index in [1.165, 1.54) is 0 Å². The molecule has 0 heterocycles. The Balaban J connectivity index is 4.87. The maximum absolute atomic E-state index is 11.8. The molecule has 3 N–H and O–H groups in total.